The number of hydrogen-bond donors (Lipinski definition) is 2. The van der Waals surface area contributed by atoms with Crippen molar-refractivity contribution in [3.05, 3.63) is 49.8 Å². The van der Waals surface area contributed by atoms with Gasteiger partial charge in [-0.2, -0.15) is 0 Å². The molecule has 0 fully saturated rings. The van der Waals surface area contributed by atoms with E-state index in [1.807, 2.05) is 25.1 Å². The van der Waals surface area contributed by atoms with Crippen molar-refractivity contribution >= 4 is 55.6 Å². The van der Waals surface area contributed by atoms with Crippen LogP contribution in [0.2, 0.25) is 0 Å². The fourth-order valence-electron chi connectivity index (χ4n) is 1.56. The van der Waals surface area contributed by atoms with Gasteiger partial charge >= 0.3 is 0 Å². The Labute approximate surface area is 127 Å². The highest BCUT2D eigenvalue weighted by Gasteiger charge is 2.07. The molecule has 0 aromatic heterocycles. The molecule has 18 heavy (non-hydrogen) atoms. The molecule has 0 atom stereocenters. The summed E-state index contributed by atoms with van der Waals surface area (Å²) in [7, 11) is 0. The van der Waals surface area contributed by atoms with Gasteiger partial charge in [-0.15, -0.1) is 0 Å². The van der Waals surface area contributed by atoms with Gasteiger partial charge in [0.2, 0.25) is 0 Å². The van der Waals surface area contributed by atoms with Crippen molar-refractivity contribution in [1.82, 2.24) is 0 Å². The molecule has 0 saturated heterocycles. The first-order valence-corrected chi connectivity index (χ1v) is 7.12. The average Bonchev–Trinajstić information content (AvgIpc) is 2.29. The third-order valence-corrected chi connectivity index (χ3v) is 4.03. The quantitative estimate of drug-likeness (QED) is 0.539. The molecule has 0 radical (unpaired) electrons. The number of nitrogens with one attached hydrogen (secondary N) is 1. The Bertz CT molecular complexity index is 602. The van der Waals surface area contributed by atoms with E-state index in [1.54, 1.807) is 6.07 Å². The molecule has 2 nitrogen and oxygen atoms in total. The van der Waals surface area contributed by atoms with Crippen LogP contribution >= 0.6 is 38.5 Å². The van der Waals surface area contributed by atoms with Crippen LogP contribution in [0.4, 0.5) is 21.5 Å². The molecular weight excluding hydrogens is 410 g/mol. The first kappa shape index (κ1) is 13.6. The van der Waals surface area contributed by atoms with Crippen molar-refractivity contribution < 1.29 is 4.39 Å². The number of nitrogen functional groups attached to an aromatic ring is 1. The molecule has 0 aliphatic heterocycles. The summed E-state index contributed by atoms with van der Waals surface area (Å²) in [5.41, 5.74) is 9.10. The summed E-state index contributed by atoms with van der Waals surface area (Å²) in [6.07, 6.45) is 0. The van der Waals surface area contributed by atoms with E-state index in [-0.39, 0.29) is 5.82 Å². The van der Waals surface area contributed by atoms with E-state index in [2.05, 4.69) is 43.8 Å². The van der Waals surface area contributed by atoms with Crippen molar-refractivity contribution in [2.24, 2.45) is 0 Å². The molecule has 2 rings (SSSR count). The maximum atomic E-state index is 13.3. The van der Waals surface area contributed by atoms with Gasteiger partial charge in [0.1, 0.15) is 5.82 Å². The Morgan fingerprint density at radius 2 is 1.94 bits per heavy atom. The van der Waals surface area contributed by atoms with Crippen LogP contribution in [0.5, 0.6) is 0 Å². The number of hydrogen-bond acceptors (Lipinski definition) is 2. The molecule has 0 spiro atoms. The summed E-state index contributed by atoms with van der Waals surface area (Å²) in [6, 6.07) is 8.86. The summed E-state index contributed by atoms with van der Waals surface area (Å²) in [4.78, 5) is 0. The van der Waals surface area contributed by atoms with Crippen LogP contribution in [0, 0.1) is 16.3 Å². The fourth-order valence-corrected chi connectivity index (χ4v) is 2.58. The monoisotopic (exact) mass is 420 g/mol. The lowest BCUT2D eigenvalue weighted by atomic mass is 10.2. The highest BCUT2D eigenvalue weighted by molar-refractivity contribution is 14.1. The topological polar surface area (TPSA) is 38.0 Å². The molecule has 0 unspecified atom stereocenters. The van der Waals surface area contributed by atoms with Crippen LogP contribution in [0.1, 0.15) is 5.56 Å². The van der Waals surface area contributed by atoms with Gasteiger partial charge < -0.3 is 11.1 Å². The third-order valence-electron chi connectivity index (χ3n) is 2.53. The van der Waals surface area contributed by atoms with E-state index in [9.17, 15) is 4.39 Å². The molecule has 0 aliphatic carbocycles. The van der Waals surface area contributed by atoms with Gasteiger partial charge in [0.05, 0.1) is 10.2 Å². The molecule has 0 bridgehead atoms. The lowest BCUT2D eigenvalue weighted by molar-refractivity contribution is 0.620. The average molecular weight is 421 g/mol. The van der Waals surface area contributed by atoms with Crippen LogP contribution in [-0.2, 0) is 0 Å². The minimum atomic E-state index is -0.259. The fraction of sp³-hybridized carbons (Fsp3) is 0.0769. The number of aryl methyl sites for hydroxylation is 1. The maximum Gasteiger partial charge on any atom is 0.137 e. The third kappa shape index (κ3) is 2.95. The lowest BCUT2D eigenvalue weighted by Crippen LogP contribution is -1.97. The van der Waals surface area contributed by atoms with Gasteiger partial charge in [0, 0.05) is 14.9 Å². The van der Waals surface area contributed by atoms with Gasteiger partial charge in [-0.05, 0) is 81.3 Å². The summed E-state index contributed by atoms with van der Waals surface area (Å²) < 4.78 is 14.8. The standard InChI is InChI=1S/C13H11BrFIN2/c1-7-4-10(15)9(14)6-13(7)18-12-3-2-8(17)5-11(12)16/h2-6,18H,17H2,1H3. The first-order valence-electron chi connectivity index (χ1n) is 5.25. The second-order valence-electron chi connectivity index (χ2n) is 3.95. The molecular formula is C13H11BrFIN2. The van der Waals surface area contributed by atoms with Crippen LogP contribution < -0.4 is 11.1 Å². The zero-order chi connectivity index (χ0) is 13.3. The van der Waals surface area contributed by atoms with Crippen molar-refractivity contribution in [2.45, 2.75) is 6.92 Å². The molecule has 0 aliphatic rings. The Morgan fingerprint density at radius 3 is 2.61 bits per heavy atom. The summed E-state index contributed by atoms with van der Waals surface area (Å²) in [5, 5.41) is 3.28. The molecule has 3 N–H and O–H groups in total. The number of anilines is 3. The van der Waals surface area contributed by atoms with Crippen LogP contribution in [0.15, 0.2) is 34.8 Å². The molecule has 2 aromatic rings. The Hall–Kier alpha value is -0.820. The van der Waals surface area contributed by atoms with Crippen molar-refractivity contribution in [3.63, 3.8) is 0 Å². The highest BCUT2D eigenvalue weighted by atomic mass is 127. The van der Waals surface area contributed by atoms with E-state index >= 15 is 0 Å². The van der Waals surface area contributed by atoms with Gasteiger partial charge in [-0.25, -0.2) is 4.39 Å². The van der Waals surface area contributed by atoms with Gasteiger partial charge in [-0.3, -0.25) is 0 Å². The van der Waals surface area contributed by atoms with Crippen molar-refractivity contribution in [2.75, 3.05) is 11.1 Å². The van der Waals surface area contributed by atoms with E-state index in [4.69, 9.17) is 5.73 Å². The molecule has 94 valence electrons. The van der Waals surface area contributed by atoms with Crippen molar-refractivity contribution in [3.8, 4) is 0 Å². The lowest BCUT2D eigenvalue weighted by Gasteiger charge is -2.12. The number of benzene rings is 2. The van der Waals surface area contributed by atoms with E-state index in [0.717, 1.165) is 26.2 Å². The second-order valence-corrected chi connectivity index (χ2v) is 5.96. The second kappa shape index (κ2) is 5.44. The summed E-state index contributed by atoms with van der Waals surface area (Å²) >= 11 is 5.40. The number of rotatable bonds is 2. The van der Waals surface area contributed by atoms with Crippen LogP contribution in [0.3, 0.4) is 0 Å². The summed E-state index contributed by atoms with van der Waals surface area (Å²) in [6.45, 7) is 1.86. The number of nitrogens with two attached hydrogens (primary N) is 1. The molecule has 0 heterocycles. The predicted octanol–water partition coefficient (Wildman–Crippen LogP) is 4.83. The molecule has 2 aromatic carbocycles. The zero-order valence-electron chi connectivity index (χ0n) is 9.60. The minimum Gasteiger partial charge on any atom is -0.399 e. The van der Waals surface area contributed by atoms with E-state index in [1.165, 1.54) is 6.07 Å². The van der Waals surface area contributed by atoms with Gasteiger partial charge in [0.25, 0.3) is 0 Å². The minimum absolute atomic E-state index is 0.259. The van der Waals surface area contributed by atoms with Crippen LogP contribution in [0.25, 0.3) is 0 Å². The Morgan fingerprint density at radius 1 is 1.22 bits per heavy atom. The van der Waals surface area contributed by atoms with E-state index < -0.39 is 0 Å². The SMILES string of the molecule is Cc1cc(F)c(Br)cc1Nc1ccc(N)cc1I. The largest absolute Gasteiger partial charge is 0.399 e. The smallest absolute Gasteiger partial charge is 0.137 e. The Kier molecular flexibility index (Phi) is 4.11. The maximum absolute atomic E-state index is 13.3. The highest BCUT2D eigenvalue weighted by Crippen LogP contribution is 2.29. The molecule has 0 amide bonds. The Balaban J connectivity index is 2.37. The normalized spacial score (nSPS) is 10.4. The van der Waals surface area contributed by atoms with Gasteiger partial charge in [0.15, 0.2) is 0 Å². The van der Waals surface area contributed by atoms with Crippen LogP contribution in [-0.4, -0.2) is 0 Å². The number of halogens is 3. The van der Waals surface area contributed by atoms with E-state index in [0.29, 0.717) is 4.47 Å². The first-order chi connectivity index (χ1) is 8.47. The van der Waals surface area contributed by atoms with Crippen molar-refractivity contribution in [1.29, 1.82) is 0 Å². The van der Waals surface area contributed by atoms with Gasteiger partial charge in [-0.1, -0.05) is 0 Å². The predicted molar refractivity (Wildman–Crippen MR) is 85.7 cm³/mol. The summed E-state index contributed by atoms with van der Waals surface area (Å²) in [5.74, 6) is -0.259. The molecule has 5 heteroatoms. The zero-order valence-corrected chi connectivity index (χ0v) is 13.3. The molecule has 0 saturated carbocycles.